The fourth-order valence-corrected chi connectivity index (χ4v) is 2.43. The van der Waals surface area contributed by atoms with E-state index < -0.39 is 10.0 Å². The molecule has 108 valence electrons. The van der Waals surface area contributed by atoms with Crippen LogP contribution in [-0.2, 0) is 16.6 Å². The van der Waals surface area contributed by atoms with E-state index in [-0.39, 0.29) is 28.0 Å². The van der Waals surface area contributed by atoms with Crippen LogP contribution in [-0.4, -0.2) is 13.4 Å². The second kappa shape index (κ2) is 6.10. The van der Waals surface area contributed by atoms with Crippen LogP contribution in [0.1, 0.15) is 11.3 Å². The van der Waals surface area contributed by atoms with Gasteiger partial charge in [0.1, 0.15) is 24.1 Å². The fourth-order valence-electron chi connectivity index (χ4n) is 1.59. The molecule has 0 amide bonds. The predicted molar refractivity (Wildman–Crippen MR) is 76.1 cm³/mol. The molecule has 1 aromatic carbocycles. The molecular weight excluding hydrogens is 314 g/mol. The maximum atomic E-state index is 11.2. The third-order valence-electron chi connectivity index (χ3n) is 2.61. The zero-order chi connectivity index (χ0) is 15.5. The molecule has 2 rings (SSSR count). The molecule has 2 N–H and O–H groups in total. The van der Waals surface area contributed by atoms with Crippen molar-refractivity contribution in [3.05, 3.63) is 52.8 Å². The minimum Gasteiger partial charge on any atom is -0.487 e. The summed E-state index contributed by atoms with van der Waals surface area (Å²) in [4.78, 5) is 3.81. The first-order valence-electron chi connectivity index (χ1n) is 5.71. The highest BCUT2D eigenvalue weighted by Crippen LogP contribution is 2.27. The smallest absolute Gasteiger partial charge is 0.238 e. The number of primary sulfonamides is 1. The van der Waals surface area contributed by atoms with Gasteiger partial charge in [0.15, 0.2) is 0 Å². The Morgan fingerprint density at radius 3 is 2.76 bits per heavy atom. The van der Waals surface area contributed by atoms with Crippen LogP contribution < -0.4 is 9.88 Å². The van der Waals surface area contributed by atoms with E-state index in [4.69, 9.17) is 26.7 Å². The summed E-state index contributed by atoms with van der Waals surface area (Å²) in [5.74, 6) is 0.289. The number of sulfonamides is 1. The second-order valence-electron chi connectivity index (χ2n) is 4.05. The van der Waals surface area contributed by atoms with Gasteiger partial charge in [-0.2, -0.15) is 5.26 Å². The molecule has 0 saturated heterocycles. The van der Waals surface area contributed by atoms with E-state index in [2.05, 4.69) is 4.98 Å². The van der Waals surface area contributed by atoms with Gasteiger partial charge in [-0.3, -0.25) is 0 Å². The van der Waals surface area contributed by atoms with Gasteiger partial charge in [0.05, 0.1) is 9.92 Å². The van der Waals surface area contributed by atoms with Crippen LogP contribution in [0.3, 0.4) is 0 Å². The van der Waals surface area contributed by atoms with Crippen LogP contribution in [0.4, 0.5) is 0 Å². The first-order valence-corrected chi connectivity index (χ1v) is 7.63. The van der Waals surface area contributed by atoms with Crippen LogP contribution in [0.25, 0.3) is 0 Å². The average molecular weight is 324 g/mol. The number of nitrogens with zero attached hydrogens (tertiary/aromatic N) is 2. The van der Waals surface area contributed by atoms with Gasteiger partial charge in [-0.15, -0.1) is 0 Å². The lowest BCUT2D eigenvalue weighted by atomic mass is 10.2. The van der Waals surface area contributed by atoms with Crippen molar-refractivity contribution in [2.75, 3.05) is 0 Å². The third kappa shape index (κ3) is 3.70. The van der Waals surface area contributed by atoms with Crippen molar-refractivity contribution in [2.45, 2.75) is 11.5 Å². The average Bonchev–Trinajstić information content (AvgIpc) is 2.45. The quantitative estimate of drug-likeness (QED) is 0.923. The maximum Gasteiger partial charge on any atom is 0.238 e. The van der Waals surface area contributed by atoms with Crippen LogP contribution in [0, 0.1) is 11.3 Å². The van der Waals surface area contributed by atoms with Crippen LogP contribution in [0.15, 0.2) is 41.4 Å². The van der Waals surface area contributed by atoms with Gasteiger partial charge in [0.2, 0.25) is 10.0 Å². The molecule has 2 aromatic rings. The van der Waals surface area contributed by atoms with E-state index in [1.54, 1.807) is 12.1 Å². The molecule has 0 radical (unpaired) electrons. The summed E-state index contributed by atoms with van der Waals surface area (Å²) in [6.07, 6.45) is 1.51. The molecule has 1 heterocycles. The molecule has 21 heavy (non-hydrogen) atoms. The highest BCUT2D eigenvalue weighted by Gasteiger charge is 2.12. The van der Waals surface area contributed by atoms with Gasteiger partial charge in [-0.1, -0.05) is 17.7 Å². The van der Waals surface area contributed by atoms with Crippen molar-refractivity contribution in [1.29, 1.82) is 5.26 Å². The Balaban J connectivity index is 2.20. The SMILES string of the molecule is N#Cc1ncccc1COc1ccc(S(N)(=O)=O)cc1Cl. The summed E-state index contributed by atoms with van der Waals surface area (Å²) >= 11 is 5.95. The maximum absolute atomic E-state index is 11.2. The van der Waals surface area contributed by atoms with Crippen molar-refractivity contribution in [2.24, 2.45) is 5.14 Å². The minimum atomic E-state index is -3.81. The van der Waals surface area contributed by atoms with Crippen LogP contribution in [0.5, 0.6) is 5.75 Å². The summed E-state index contributed by atoms with van der Waals surface area (Å²) in [7, 11) is -3.81. The summed E-state index contributed by atoms with van der Waals surface area (Å²) in [5.41, 5.74) is 0.862. The molecular formula is C13H10ClN3O3S. The van der Waals surface area contributed by atoms with E-state index >= 15 is 0 Å². The lowest BCUT2D eigenvalue weighted by molar-refractivity contribution is 0.305. The lowest BCUT2D eigenvalue weighted by Crippen LogP contribution is -2.12. The van der Waals surface area contributed by atoms with Gasteiger partial charge in [-0.25, -0.2) is 18.5 Å². The molecule has 0 atom stereocenters. The summed E-state index contributed by atoms with van der Waals surface area (Å²) in [6, 6.07) is 9.26. The molecule has 0 aliphatic rings. The van der Waals surface area contributed by atoms with Gasteiger partial charge in [0, 0.05) is 11.8 Å². The summed E-state index contributed by atoms with van der Waals surface area (Å²) in [6.45, 7) is 0.0885. The highest BCUT2D eigenvalue weighted by atomic mass is 35.5. The Morgan fingerprint density at radius 2 is 2.14 bits per heavy atom. The van der Waals surface area contributed by atoms with E-state index in [9.17, 15) is 8.42 Å². The number of hydrogen-bond donors (Lipinski definition) is 1. The highest BCUT2D eigenvalue weighted by molar-refractivity contribution is 7.89. The fraction of sp³-hybridized carbons (Fsp3) is 0.0769. The number of pyridine rings is 1. The molecule has 0 spiro atoms. The normalized spacial score (nSPS) is 10.9. The predicted octanol–water partition coefficient (Wildman–Crippen LogP) is 1.83. The number of nitriles is 1. The zero-order valence-electron chi connectivity index (χ0n) is 10.7. The van der Waals surface area contributed by atoms with E-state index in [1.807, 2.05) is 6.07 Å². The molecule has 0 bridgehead atoms. The van der Waals surface area contributed by atoms with Crippen LogP contribution in [0.2, 0.25) is 5.02 Å². The number of aromatic nitrogens is 1. The Hall–Kier alpha value is -2.14. The molecule has 0 aliphatic heterocycles. The lowest BCUT2D eigenvalue weighted by Gasteiger charge is -2.09. The molecule has 0 unspecified atom stereocenters. The Morgan fingerprint density at radius 1 is 1.38 bits per heavy atom. The van der Waals surface area contributed by atoms with E-state index in [0.29, 0.717) is 5.56 Å². The first-order chi connectivity index (χ1) is 9.91. The van der Waals surface area contributed by atoms with Crippen molar-refractivity contribution in [3.8, 4) is 11.8 Å². The third-order valence-corrected chi connectivity index (χ3v) is 3.82. The monoisotopic (exact) mass is 323 g/mol. The molecule has 0 fully saturated rings. The Kier molecular flexibility index (Phi) is 4.43. The molecule has 0 aliphatic carbocycles. The molecule has 8 heteroatoms. The standard InChI is InChI=1S/C13H10ClN3O3S/c14-11-6-10(21(16,18)19)3-4-13(11)20-8-9-2-1-5-17-12(9)7-15/h1-6H,8H2,(H2,16,18,19). The van der Waals surface area contributed by atoms with Gasteiger partial charge in [-0.05, 0) is 24.3 Å². The number of benzene rings is 1. The largest absolute Gasteiger partial charge is 0.487 e. The Labute approximate surface area is 126 Å². The zero-order valence-corrected chi connectivity index (χ0v) is 12.2. The van der Waals surface area contributed by atoms with Crippen molar-refractivity contribution >= 4 is 21.6 Å². The molecule has 1 aromatic heterocycles. The van der Waals surface area contributed by atoms with Crippen molar-refractivity contribution in [3.63, 3.8) is 0 Å². The van der Waals surface area contributed by atoms with Gasteiger partial charge in [0.25, 0.3) is 0 Å². The first kappa shape index (κ1) is 15.3. The van der Waals surface area contributed by atoms with Crippen LogP contribution >= 0.6 is 11.6 Å². The number of ether oxygens (including phenoxy) is 1. The second-order valence-corrected chi connectivity index (χ2v) is 6.02. The Bertz CT molecular complexity index is 816. The van der Waals surface area contributed by atoms with Gasteiger partial charge < -0.3 is 4.74 Å². The summed E-state index contributed by atoms with van der Waals surface area (Å²) in [5, 5.41) is 14.0. The topological polar surface area (TPSA) is 106 Å². The van der Waals surface area contributed by atoms with E-state index in [1.165, 1.54) is 24.4 Å². The van der Waals surface area contributed by atoms with Crippen molar-refractivity contribution in [1.82, 2.24) is 4.98 Å². The van der Waals surface area contributed by atoms with Gasteiger partial charge >= 0.3 is 0 Å². The number of halogens is 1. The number of hydrogen-bond acceptors (Lipinski definition) is 5. The molecule has 0 saturated carbocycles. The van der Waals surface area contributed by atoms with Crippen molar-refractivity contribution < 1.29 is 13.2 Å². The molecule has 6 nitrogen and oxygen atoms in total. The minimum absolute atomic E-state index is 0.0885. The number of rotatable bonds is 4. The van der Waals surface area contributed by atoms with E-state index in [0.717, 1.165) is 0 Å². The summed E-state index contributed by atoms with van der Waals surface area (Å²) < 4.78 is 27.9. The number of nitrogens with two attached hydrogens (primary N) is 1.